The number of hydrogen-bond acceptors (Lipinski definition) is 3. The molecular formula is C20H23ClN4O2. The number of aromatic nitrogens is 2. The summed E-state index contributed by atoms with van der Waals surface area (Å²) in [5, 5.41) is 9.47. The van der Waals surface area contributed by atoms with E-state index >= 15 is 0 Å². The molecule has 2 aromatic heterocycles. The Bertz CT molecular complexity index is 1050. The predicted octanol–water partition coefficient (Wildman–Crippen LogP) is 3.51. The number of carbonyl (C=O) groups is 1. The Morgan fingerprint density at radius 1 is 1.26 bits per heavy atom. The molecule has 0 aliphatic carbocycles. The molecule has 3 rings (SSSR count). The van der Waals surface area contributed by atoms with Gasteiger partial charge in [-0.05, 0) is 55.7 Å². The Balaban J connectivity index is 1.90. The summed E-state index contributed by atoms with van der Waals surface area (Å²) in [6, 6.07) is 7.26. The lowest BCUT2D eigenvalue weighted by molar-refractivity contribution is 0.0950. The zero-order valence-corrected chi connectivity index (χ0v) is 16.4. The van der Waals surface area contributed by atoms with Gasteiger partial charge in [0.05, 0.1) is 5.52 Å². The lowest BCUT2D eigenvalue weighted by Crippen LogP contribution is -2.30. The number of anilines is 1. The van der Waals surface area contributed by atoms with Gasteiger partial charge in [-0.25, -0.2) is 4.52 Å². The van der Waals surface area contributed by atoms with Crippen molar-refractivity contribution in [1.82, 2.24) is 14.9 Å². The minimum atomic E-state index is -0.257. The Morgan fingerprint density at radius 2 is 2.04 bits per heavy atom. The number of halogens is 1. The molecule has 3 N–H and O–H groups in total. The maximum atomic E-state index is 12.8. The number of pyridine rings is 1. The number of fused-ring (bicyclic) bond motifs is 1. The SMILES string of the molecule is CCNc1cc(Cl)cc(C(=O)NCc2c(CC)cc3cc[nH]n3c2=O)c1C. The number of rotatable bonds is 6. The summed E-state index contributed by atoms with van der Waals surface area (Å²) in [5.41, 5.74) is 4.33. The summed E-state index contributed by atoms with van der Waals surface area (Å²) in [4.78, 5) is 25.5. The van der Waals surface area contributed by atoms with Crippen LogP contribution in [0.15, 0.2) is 35.3 Å². The van der Waals surface area contributed by atoms with Gasteiger partial charge in [-0.1, -0.05) is 18.5 Å². The molecule has 0 unspecified atom stereocenters. The highest BCUT2D eigenvalue weighted by Gasteiger charge is 2.16. The van der Waals surface area contributed by atoms with Crippen molar-refractivity contribution in [2.75, 3.05) is 11.9 Å². The van der Waals surface area contributed by atoms with Gasteiger partial charge in [0.2, 0.25) is 0 Å². The number of aromatic amines is 1. The number of aryl methyl sites for hydroxylation is 1. The molecule has 1 amide bonds. The molecule has 27 heavy (non-hydrogen) atoms. The van der Waals surface area contributed by atoms with Crippen LogP contribution in [0.2, 0.25) is 5.02 Å². The van der Waals surface area contributed by atoms with Crippen molar-refractivity contribution in [3.05, 3.63) is 68.1 Å². The summed E-state index contributed by atoms with van der Waals surface area (Å²) in [6.45, 7) is 6.74. The van der Waals surface area contributed by atoms with Crippen LogP contribution in [-0.2, 0) is 13.0 Å². The molecule has 0 saturated carbocycles. The van der Waals surface area contributed by atoms with E-state index < -0.39 is 0 Å². The average Bonchev–Trinajstić information content (AvgIpc) is 3.12. The fourth-order valence-electron chi connectivity index (χ4n) is 3.23. The van der Waals surface area contributed by atoms with Crippen molar-refractivity contribution < 1.29 is 4.79 Å². The first-order chi connectivity index (χ1) is 13.0. The Morgan fingerprint density at radius 3 is 2.74 bits per heavy atom. The summed E-state index contributed by atoms with van der Waals surface area (Å²) in [6.07, 6.45) is 2.43. The zero-order chi connectivity index (χ0) is 19.6. The van der Waals surface area contributed by atoms with Crippen LogP contribution in [0.4, 0.5) is 5.69 Å². The highest BCUT2D eigenvalue weighted by molar-refractivity contribution is 6.31. The molecule has 0 saturated heterocycles. The van der Waals surface area contributed by atoms with Gasteiger partial charge in [-0.15, -0.1) is 0 Å². The molecule has 3 aromatic rings. The Kier molecular flexibility index (Phi) is 5.56. The van der Waals surface area contributed by atoms with Gasteiger partial charge in [0.25, 0.3) is 11.5 Å². The second kappa shape index (κ2) is 7.88. The van der Waals surface area contributed by atoms with Crippen LogP contribution in [0.1, 0.15) is 40.9 Å². The molecule has 0 aliphatic rings. The third-order valence-corrected chi connectivity index (χ3v) is 4.90. The zero-order valence-electron chi connectivity index (χ0n) is 15.6. The topological polar surface area (TPSA) is 78.4 Å². The number of hydrogen-bond donors (Lipinski definition) is 3. The van der Waals surface area contributed by atoms with Crippen molar-refractivity contribution in [2.45, 2.75) is 33.7 Å². The maximum Gasteiger partial charge on any atom is 0.274 e. The summed E-state index contributed by atoms with van der Waals surface area (Å²) >= 11 is 6.17. The van der Waals surface area contributed by atoms with Gasteiger partial charge < -0.3 is 10.6 Å². The van der Waals surface area contributed by atoms with E-state index in [2.05, 4.69) is 15.7 Å². The van der Waals surface area contributed by atoms with Crippen molar-refractivity contribution in [3.63, 3.8) is 0 Å². The number of carbonyl (C=O) groups excluding carboxylic acids is 1. The lowest BCUT2D eigenvalue weighted by atomic mass is 10.0. The molecule has 0 atom stereocenters. The van der Waals surface area contributed by atoms with Gasteiger partial charge in [0.15, 0.2) is 0 Å². The van der Waals surface area contributed by atoms with Gasteiger partial charge in [-0.2, -0.15) is 0 Å². The third kappa shape index (κ3) is 3.71. The van der Waals surface area contributed by atoms with Gasteiger partial charge in [-0.3, -0.25) is 14.7 Å². The number of amides is 1. The van der Waals surface area contributed by atoms with Crippen molar-refractivity contribution in [1.29, 1.82) is 0 Å². The molecule has 0 aliphatic heterocycles. The van der Waals surface area contributed by atoms with E-state index in [9.17, 15) is 9.59 Å². The molecule has 1 aromatic carbocycles. The first-order valence-corrected chi connectivity index (χ1v) is 9.37. The van der Waals surface area contributed by atoms with Crippen molar-refractivity contribution >= 4 is 28.7 Å². The van der Waals surface area contributed by atoms with E-state index in [0.29, 0.717) is 22.6 Å². The monoisotopic (exact) mass is 386 g/mol. The first kappa shape index (κ1) is 19.0. The number of nitrogens with one attached hydrogen (secondary N) is 3. The second-order valence-electron chi connectivity index (χ2n) is 6.37. The van der Waals surface area contributed by atoms with Crippen molar-refractivity contribution in [2.24, 2.45) is 0 Å². The summed E-state index contributed by atoms with van der Waals surface area (Å²) in [5.74, 6) is -0.257. The molecule has 0 bridgehead atoms. The number of nitrogens with zero attached hydrogens (tertiary/aromatic N) is 1. The Labute approximate surface area is 162 Å². The highest BCUT2D eigenvalue weighted by Crippen LogP contribution is 2.25. The molecule has 6 nitrogen and oxygen atoms in total. The number of benzene rings is 1. The average molecular weight is 387 g/mol. The predicted molar refractivity (Wildman–Crippen MR) is 109 cm³/mol. The molecule has 7 heteroatoms. The normalized spacial score (nSPS) is 11.0. The summed E-state index contributed by atoms with van der Waals surface area (Å²) < 4.78 is 1.48. The highest BCUT2D eigenvalue weighted by atomic mass is 35.5. The van der Waals surface area contributed by atoms with Crippen LogP contribution in [0.5, 0.6) is 0 Å². The van der Waals surface area contributed by atoms with E-state index in [1.54, 1.807) is 18.3 Å². The van der Waals surface area contributed by atoms with Gasteiger partial charge >= 0.3 is 0 Å². The van der Waals surface area contributed by atoms with Crippen LogP contribution < -0.4 is 16.2 Å². The van der Waals surface area contributed by atoms with Crippen LogP contribution in [0.25, 0.3) is 5.52 Å². The fraction of sp³-hybridized carbons (Fsp3) is 0.300. The second-order valence-corrected chi connectivity index (χ2v) is 6.80. The largest absolute Gasteiger partial charge is 0.385 e. The quantitative estimate of drug-likeness (QED) is 0.606. The van der Waals surface area contributed by atoms with Crippen molar-refractivity contribution in [3.8, 4) is 0 Å². The summed E-state index contributed by atoms with van der Waals surface area (Å²) in [7, 11) is 0. The van der Waals surface area contributed by atoms with Crippen LogP contribution >= 0.6 is 11.6 Å². The van der Waals surface area contributed by atoms with Crippen LogP contribution in [0, 0.1) is 6.92 Å². The smallest absolute Gasteiger partial charge is 0.274 e. The third-order valence-electron chi connectivity index (χ3n) is 4.68. The lowest BCUT2D eigenvalue weighted by Gasteiger charge is -2.14. The molecule has 0 spiro atoms. The van der Waals surface area contributed by atoms with Gasteiger partial charge in [0, 0.05) is 41.1 Å². The standard InChI is InChI=1S/C20H23ClN4O2/c1-4-13-8-15-6-7-24-25(15)20(27)17(13)11-23-19(26)16-9-14(21)10-18(12(16)3)22-5-2/h6-10,22,24H,4-5,11H2,1-3H3,(H,23,26). The van der Waals surface area contributed by atoms with Crippen LogP contribution in [0.3, 0.4) is 0 Å². The number of H-pyrrole nitrogens is 1. The van der Waals surface area contributed by atoms with E-state index in [4.69, 9.17) is 11.6 Å². The Hall–Kier alpha value is -2.73. The minimum absolute atomic E-state index is 0.147. The fourth-order valence-corrected chi connectivity index (χ4v) is 3.45. The molecular weight excluding hydrogens is 364 g/mol. The van der Waals surface area contributed by atoms with E-state index in [0.717, 1.165) is 28.9 Å². The maximum absolute atomic E-state index is 12.8. The molecule has 0 radical (unpaired) electrons. The van der Waals surface area contributed by atoms with E-state index in [1.165, 1.54) is 4.52 Å². The van der Waals surface area contributed by atoms with Crippen LogP contribution in [-0.4, -0.2) is 22.1 Å². The first-order valence-electron chi connectivity index (χ1n) is 8.99. The van der Waals surface area contributed by atoms with Gasteiger partial charge in [0.1, 0.15) is 0 Å². The minimum Gasteiger partial charge on any atom is -0.385 e. The molecule has 2 heterocycles. The molecule has 142 valence electrons. The molecule has 0 fully saturated rings. The van der Waals surface area contributed by atoms with E-state index in [-0.39, 0.29) is 18.0 Å². The van der Waals surface area contributed by atoms with E-state index in [1.807, 2.05) is 32.9 Å².